The molecular weight excluding hydrogens is 410 g/mol. The Balaban J connectivity index is 1.31. The van der Waals surface area contributed by atoms with Gasteiger partial charge >= 0.3 is 0 Å². The smallest absolute Gasteiger partial charge is 0.0387 e. The number of fused-ring (bicyclic) bond motifs is 3. The van der Waals surface area contributed by atoms with Crippen LogP contribution in [0.3, 0.4) is 0 Å². The van der Waals surface area contributed by atoms with Gasteiger partial charge in [0.2, 0.25) is 0 Å². The molecule has 5 aromatic carbocycles. The van der Waals surface area contributed by atoms with E-state index in [2.05, 4.69) is 140 Å². The minimum atomic E-state index is -0.0330. The summed E-state index contributed by atoms with van der Waals surface area (Å²) in [6.07, 6.45) is 0. The van der Waals surface area contributed by atoms with Crippen LogP contribution in [0.5, 0.6) is 0 Å². The predicted octanol–water partition coefficient (Wildman–Crippen LogP) is 9.07. The lowest BCUT2D eigenvalue weighted by Gasteiger charge is -2.22. The van der Waals surface area contributed by atoms with Crippen molar-refractivity contribution >= 4 is 11.4 Å². The van der Waals surface area contributed by atoms with Crippen LogP contribution < -0.4 is 5.32 Å². The average molecular weight is 438 g/mol. The summed E-state index contributed by atoms with van der Waals surface area (Å²) < 4.78 is 0. The summed E-state index contributed by atoms with van der Waals surface area (Å²) in [6.45, 7) is 4.66. The highest BCUT2D eigenvalue weighted by Crippen LogP contribution is 2.50. The fraction of sp³-hybridized carbons (Fsp3) is 0.0909. The lowest BCUT2D eigenvalue weighted by molar-refractivity contribution is 0.660. The van der Waals surface area contributed by atoms with Crippen molar-refractivity contribution in [2.24, 2.45) is 0 Å². The van der Waals surface area contributed by atoms with Crippen LogP contribution in [-0.2, 0) is 5.41 Å². The van der Waals surface area contributed by atoms with Gasteiger partial charge in [0.15, 0.2) is 0 Å². The number of hydrogen-bond donors (Lipinski definition) is 1. The molecule has 1 heteroatoms. The molecule has 1 nitrogen and oxygen atoms in total. The summed E-state index contributed by atoms with van der Waals surface area (Å²) in [5.41, 5.74) is 12.6. The zero-order valence-electron chi connectivity index (χ0n) is 19.5. The number of nitrogens with one attached hydrogen (secondary N) is 1. The highest BCUT2D eigenvalue weighted by atomic mass is 14.9. The normalized spacial score (nSPS) is 13.2. The summed E-state index contributed by atoms with van der Waals surface area (Å²) in [5, 5.41) is 3.61. The summed E-state index contributed by atoms with van der Waals surface area (Å²) in [6, 6.07) is 43.5. The highest BCUT2D eigenvalue weighted by Gasteiger charge is 2.35. The van der Waals surface area contributed by atoms with E-state index in [1.54, 1.807) is 0 Å². The molecule has 0 fully saturated rings. The molecule has 0 saturated heterocycles. The van der Waals surface area contributed by atoms with Crippen molar-refractivity contribution in [2.75, 3.05) is 5.32 Å². The maximum atomic E-state index is 3.61. The van der Waals surface area contributed by atoms with Gasteiger partial charge < -0.3 is 5.32 Å². The van der Waals surface area contributed by atoms with Gasteiger partial charge in [-0.05, 0) is 74.8 Å². The van der Waals surface area contributed by atoms with Crippen molar-refractivity contribution in [1.82, 2.24) is 0 Å². The Morgan fingerprint density at radius 3 is 1.68 bits per heavy atom. The molecule has 0 amide bonds. The van der Waals surface area contributed by atoms with Crippen LogP contribution in [-0.4, -0.2) is 0 Å². The van der Waals surface area contributed by atoms with Gasteiger partial charge in [-0.15, -0.1) is 0 Å². The Morgan fingerprint density at radius 1 is 0.441 bits per heavy atom. The molecule has 164 valence electrons. The van der Waals surface area contributed by atoms with Crippen molar-refractivity contribution in [3.05, 3.63) is 132 Å². The summed E-state index contributed by atoms with van der Waals surface area (Å²) in [4.78, 5) is 0. The lowest BCUT2D eigenvalue weighted by Crippen LogP contribution is -2.15. The molecule has 0 heterocycles. The molecule has 0 aliphatic heterocycles. The Labute approximate surface area is 201 Å². The molecule has 1 aliphatic rings. The molecule has 1 N–H and O–H groups in total. The van der Waals surface area contributed by atoms with E-state index < -0.39 is 0 Å². The van der Waals surface area contributed by atoms with Crippen LogP contribution in [0.1, 0.15) is 25.0 Å². The second-order valence-electron chi connectivity index (χ2n) is 9.58. The molecule has 0 atom stereocenters. The third kappa shape index (κ3) is 3.50. The maximum Gasteiger partial charge on any atom is 0.0387 e. The van der Waals surface area contributed by atoms with E-state index in [1.807, 2.05) is 0 Å². The van der Waals surface area contributed by atoms with Gasteiger partial charge in [0.1, 0.15) is 0 Å². The molecule has 34 heavy (non-hydrogen) atoms. The van der Waals surface area contributed by atoms with Crippen molar-refractivity contribution in [3.63, 3.8) is 0 Å². The summed E-state index contributed by atoms with van der Waals surface area (Å²) >= 11 is 0. The van der Waals surface area contributed by atoms with E-state index in [4.69, 9.17) is 0 Å². The van der Waals surface area contributed by atoms with Gasteiger partial charge in [-0.25, -0.2) is 0 Å². The predicted molar refractivity (Wildman–Crippen MR) is 145 cm³/mol. The van der Waals surface area contributed by atoms with Gasteiger partial charge in [0.25, 0.3) is 0 Å². The third-order valence-electron chi connectivity index (χ3n) is 7.06. The van der Waals surface area contributed by atoms with E-state index in [-0.39, 0.29) is 5.41 Å². The molecule has 0 saturated carbocycles. The second kappa shape index (κ2) is 8.04. The van der Waals surface area contributed by atoms with Crippen molar-refractivity contribution < 1.29 is 0 Å². The van der Waals surface area contributed by atoms with Crippen LogP contribution in [0, 0.1) is 0 Å². The van der Waals surface area contributed by atoms with Gasteiger partial charge in [-0.3, -0.25) is 0 Å². The zero-order valence-corrected chi connectivity index (χ0v) is 19.5. The average Bonchev–Trinajstić information content (AvgIpc) is 3.11. The summed E-state index contributed by atoms with van der Waals surface area (Å²) in [7, 11) is 0. The third-order valence-corrected chi connectivity index (χ3v) is 7.06. The minimum Gasteiger partial charge on any atom is -0.356 e. The van der Waals surface area contributed by atoms with E-state index in [9.17, 15) is 0 Å². The fourth-order valence-corrected chi connectivity index (χ4v) is 5.18. The van der Waals surface area contributed by atoms with E-state index in [1.165, 1.54) is 44.5 Å². The van der Waals surface area contributed by atoms with E-state index in [0.717, 1.165) is 11.4 Å². The molecule has 0 aromatic heterocycles. The van der Waals surface area contributed by atoms with Gasteiger partial charge in [-0.2, -0.15) is 0 Å². The Morgan fingerprint density at radius 2 is 1.00 bits per heavy atom. The van der Waals surface area contributed by atoms with Crippen LogP contribution >= 0.6 is 0 Å². The van der Waals surface area contributed by atoms with Crippen LogP contribution in [0.15, 0.2) is 121 Å². The topological polar surface area (TPSA) is 12.0 Å². The van der Waals surface area contributed by atoms with E-state index in [0.29, 0.717) is 0 Å². The first-order valence-electron chi connectivity index (χ1n) is 11.9. The quantitative estimate of drug-likeness (QED) is 0.296. The molecule has 1 aliphatic carbocycles. The summed E-state index contributed by atoms with van der Waals surface area (Å²) in [5.74, 6) is 0. The van der Waals surface area contributed by atoms with Gasteiger partial charge in [0.05, 0.1) is 0 Å². The standard InChI is InChI=1S/C33H27N/c1-33(2)31-20-15-26(24-11-7-4-8-12-24)21-30(31)29-19-18-28(22-32(29)33)34-27-16-13-25(14-17-27)23-9-5-3-6-10-23/h3-22,34H,1-2H3. The molecular formula is C33H27N. The van der Waals surface area contributed by atoms with Crippen LogP contribution in [0.25, 0.3) is 33.4 Å². The number of benzene rings is 5. The first-order valence-corrected chi connectivity index (χ1v) is 11.9. The van der Waals surface area contributed by atoms with Crippen molar-refractivity contribution in [1.29, 1.82) is 0 Å². The molecule has 0 radical (unpaired) electrons. The largest absolute Gasteiger partial charge is 0.356 e. The van der Waals surface area contributed by atoms with Gasteiger partial charge in [0, 0.05) is 16.8 Å². The first kappa shape index (κ1) is 20.5. The number of hydrogen-bond acceptors (Lipinski definition) is 1. The minimum absolute atomic E-state index is 0.0330. The van der Waals surface area contributed by atoms with Crippen molar-refractivity contribution in [3.8, 4) is 33.4 Å². The van der Waals surface area contributed by atoms with Crippen LogP contribution in [0.4, 0.5) is 11.4 Å². The molecule has 0 unspecified atom stereocenters. The SMILES string of the molecule is CC1(C)c2ccc(-c3ccccc3)cc2-c2ccc(Nc3ccc(-c4ccccc4)cc3)cc21. The molecule has 6 rings (SSSR count). The Hall–Kier alpha value is -4.10. The Bertz CT molecular complexity index is 1460. The maximum absolute atomic E-state index is 3.61. The number of rotatable bonds is 4. The highest BCUT2D eigenvalue weighted by molar-refractivity contribution is 5.86. The molecule has 5 aromatic rings. The molecule has 0 bridgehead atoms. The molecule has 0 spiro atoms. The van der Waals surface area contributed by atoms with Crippen LogP contribution in [0.2, 0.25) is 0 Å². The van der Waals surface area contributed by atoms with Crippen molar-refractivity contribution in [2.45, 2.75) is 19.3 Å². The zero-order chi connectivity index (χ0) is 23.1. The monoisotopic (exact) mass is 437 g/mol. The van der Waals surface area contributed by atoms with Gasteiger partial charge in [-0.1, -0.05) is 105 Å². The van der Waals surface area contributed by atoms with E-state index >= 15 is 0 Å². The first-order chi connectivity index (χ1) is 16.6. The lowest BCUT2D eigenvalue weighted by atomic mass is 9.82. The number of anilines is 2. The fourth-order valence-electron chi connectivity index (χ4n) is 5.18. The second-order valence-corrected chi connectivity index (χ2v) is 9.58. The Kier molecular flexibility index (Phi) is 4.85.